The first-order chi connectivity index (χ1) is 17.6. The lowest BCUT2D eigenvalue weighted by atomic mass is 9.95. The topological polar surface area (TPSA) is 108 Å². The van der Waals surface area contributed by atoms with Crippen LogP contribution >= 0.6 is 11.3 Å². The summed E-state index contributed by atoms with van der Waals surface area (Å²) in [6, 6.07) is 6.25. The largest absolute Gasteiger partial charge is 0.513 e. The molecule has 3 heterocycles. The van der Waals surface area contributed by atoms with Crippen molar-refractivity contribution >= 4 is 29.1 Å². The average Bonchev–Trinajstić information content (AvgIpc) is 3.23. The summed E-state index contributed by atoms with van der Waals surface area (Å²) in [4.78, 5) is 25.0. The predicted octanol–water partition coefficient (Wildman–Crippen LogP) is 6.34. The summed E-state index contributed by atoms with van der Waals surface area (Å²) in [5, 5.41) is 25.0. The number of nitrogens with zero attached hydrogens (tertiary/aromatic N) is 4. The van der Waals surface area contributed by atoms with Crippen molar-refractivity contribution in [3.63, 3.8) is 0 Å². The molecule has 0 aliphatic carbocycles. The third-order valence-corrected chi connectivity index (χ3v) is 8.40. The lowest BCUT2D eigenvalue weighted by Gasteiger charge is -2.43. The molecule has 1 aliphatic rings. The highest BCUT2D eigenvalue weighted by Crippen LogP contribution is 2.42. The number of anilines is 2. The molecule has 0 radical (unpaired) electrons. The Bertz CT molecular complexity index is 1340. The Morgan fingerprint density at radius 2 is 1.87 bits per heavy atom. The van der Waals surface area contributed by atoms with Crippen LogP contribution < -0.4 is 5.32 Å². The summed E-state index contributed by atoms with van der Waals surface area (Å²) in [6.07, 6.45) is -1.57. The highest BCUT2D eigenvalue weighted by Gasteiger charge is 2.51. The van der Waals surface area contributed by atoms with Crippen molar-refractivity contribution < 1.29 is 32.7 Å². The van der Waals surface area contributed by atoms with Gasteiger partial charge in [-0.25, -0.2) is 19.4 Å². The van der Waals surface area contributed by atoms with E-state index >= 15 is 0 Å². The Kier molecular flexibility index (Phi) is 7.28. The van der Waals surface area contributed by atoms with Crippen LogP contribution in [0.3, 0.4) is 0 Å². The van der Waals surface area contributed by atoms with E-state index in [-0.39, 0.29) is 23.4 Å². The van der Waals surface area contributed by atoms with Crippen molar-refractivity contribution in [2.24, 2.45) is 0 Å². The molecule has 3 aromatic rings. The molecule has 1 unspecified atom stereocenters. The van der Waals surface area contributed by atoms with Crippen molar-refractivity contribution in [2.75, 3.05) is 18.4 Å². The second-order valence-electron chi connectivity index (χ2n) is 10.8. The molecule has 1 aliphatic heterocycles. The van der Waals surface area contributed by atoms with Gasteiger partial charge in [0.25, 0.3) is 0 Å². The first-order valence-corrected chi connectivity index (χ1v) is 13.0. The summed E-state index contributed by atoms with van der Waals surface area (Å²) in [7, 11) is 0. The summed E-state index contributed by atoms with van der Waals surface area (Å²) in [5.41, 5.74) is -0.681. The zero-order chi connectivity index (χ0) is 27.9. The summed E-state index contributed by atoms with van der Waals surface area (Å²) in [5.74, 6) is -0.173. The van der Waals surface area contributed by atoms with Crippen LogP contribution in [0.15, 0.2) is 36.7 Å². The molecule has 1 fully saturated rings. The third kappa shape index (κ3) is 5.52. The second kappa shape index (κ2) is 9.90. The molecule has 0 saturated carbocycles. The van der Waals surface area contributed by atoms with Gasteiger partial charge in [-0.1, -0.05) is 6.07 Å². The van der Waals surface area contributed by atoms with Crippen LogP contribution in [0, 0.1) is 6.92 Å². The zero-order valence-corrected chi connectivity index (χ0v) is 22.4. The van der Waals surface area contributed by atoms with Gasteiger partial charge in [-0.05, 0) is 63.4 Å². The Morgan fingerprint density at radius 1 is 1.13 bits per heavy atom. The highest BCUT2D eigenvalue weighted by atomic mass is 32.1. The number of likely N-dealkylation sites (tertiary alicyclic amines) is 1. The van der Waals surface area contributed by atoms with Crippen molar-refractivity contribution in [1.29, 1.82) is 0 Å². The Labute approximate surface area is 222 Å². The highest BCUT2D eigenvalue weighted by molar-refractivity contribution is 7.15. The number of benzene rings is 1. The molecule has 204 valence electrons. The number of aliphatic hydroxyl groups is 1. The number of hydrogen-bond acceptors (Lipinski definition) is 7. The molecule has 1 amide bonds. The molecule has 4 rings (SSSR count). The molecular weight excluding hydrogens is 519 g/mol. The van der Waals surface area contributed by atoms with E-state index in [4.69, 9.17) is 0 Å². The summed E-state index contributed by atoms with van der Waals surface area (Å²) in [6.45, 7) is 8.27. The Balaban J connectivity index is 1.59. The molecule has 12 heteroatoms. The third-order valence-electron chi connectivity index (χ3n) is 7.16. The zero-order valence-electron chi connectivity index (χ0n) is 21.6. The monoisotopic (exact) mass is 550 g/mol. The van der Waals surface area contributed by atoms with Crippen molar-refractivity contribution in [1.82, 2.24) is 15.0 Å². The minimum Gasteiger partial charge on any atom is -0.435 e. The van der Waals surface area contributed by atoms with Gasteiger partial charge < -0.3 is 15.5 Å². The molecule has 1 aromatic carbocycles. The number of halogens is 3. The van der Waals surface area contributed by atoms with E-state index in [1.165, 1.54) is 11.3 Å². The maximum Gasteiger partial charge on any atom is 0.513 e. The van der Waals surface area contributed by atoms with Crippen molar-refractivity contribution in [3.05, 3.63) is 52.9 Å². The molecular formula is C26H31F3N5O3S+. The van der Waals surface area contributed by atoms with Gasteiger partial charge in [0.2, 0.25) is 5.95 Å². The molecule has 3 N–H and O–H groups in total. The number of quaternary nitrogens is 1. The number of aromatic nitrogens is 3. The van der Waals surface area contributed by atoms with Crippen LogP contribution in [0.5, 0.6) is 0 Å². The normalized spacial score (nSPS) is 22.6. The quantitative estimate of drug-likeness (QED) is 0.326. The van der Waals surface area contributed by atoms with Gasteiger partial charge in [-0.2, -0.15) is 18.0 Å². The van der Waals surface area contributed by atoms with Gasteiger partial charge in [0.1, 0.15) is 21.8 Å². The predicted molar refractivity (Wildman–Crippen MR) is 138 cm³/mol. The molecule has 8 nitrogen and oxygen atoms in total. The minimum atomic E-state index is -4.58. The molecule has 2 aromatic heterocycles. The van der Waals surface area contributed by atoms with Gasteiger partial charge in [0.05, 0.1) is 18.0 Å². The number of thiazole rings is 1. The van der Waals surface area contributed by atoms with E-state index in [2.05, 4.69) is 20.3 Å². The van der Waals surface area contributed by atoms with Crippen LogP contribution in [0.2, 0.25) is 0 Å². The van der Waals surface area contributed by atoms with Crippen LogP contribution in [0.4, 0.5) is 29.6 Å². The fourth-order valence-corrected chi connectivity index (χ4v) is 5.99. The first-order valence-electron chi connectivity index (χ1n) is 12.2. The van der Waals surface area contributed by atoms with Gasteiger partial charge in [-0.15, -0.1) is 11.3 Å². The molecule has 1 saturated heterocycles. The number of amides is 1. The SMILES string of the molecule is Cc1cc(Nc2nccc(C(F)(F)F)n2)cc(-c2cnc([C@]3(O)CCC[N+](C(=O)O)(C(C)(C)C)CC3)s2)c1. The molecule has 2 atom stereocenters. The lowest BCUT2D eigenvalue weighted by Crippen LogP contribution is -2.63. The Hall–Kier alpha value is -3.09. The van der Waals surface area contributed by atoms with E-state index in [9.17, 15) is 28.2 Å². The fourth-order valence-electron chi connectivity index (χ4n) is 4.94. The van der Waals surface area contributed by atoms with E-state index in [0.29, 0.717) is 30.1 Å². The number of alkyl halides is 3. The van der Waals surface area contributed by atoms with Gasteiger partial charge >= 0.3 is 12.3 Å². The summed E-state index contributed by atoms with van der Waals surface area (Å²) >= 11 is 1.32. The maximum atomic E-state index is 13.0. The van der Waals surface area contributed by atoms with E-state index in [1.807, 2.05) is 33.8 Å². The number of nitrogens with one attached hydrogen (secondary N) is 1. The molecule has 0 bridgehead atoms. The number of carbonyl (C=O) groups is 1. The average molecular weight is 551 g/mol. The number of carboxylic acid groups (broad SMARTS) is 1. The number of aryl methyl sites for hydroxylation is 1. The van der Waals surface area contributed by atoms with Gasteiger partial charge in [-0.3, -0.25) is 0 Å². The smallest absolute Gasteiger partial charge is 0.435 e. The number of rotatable bonds is 4. The van der Waals surface area contributed by atoms with Gasteiger partial charge in [0.15, 0.2) is 0 Å². The standard InChI is InChI=1S/C26H30F3N5O3S/c1-16-12-17(14-18(13-16)32-22-30-9-6-20(33-22)26(27,28)29)19-15-31-21(38-19)25(37)7-5-10-34(11-8-25,23(35)36)24(2,3)4/h6,9,12-15,37H,5,7-8,10-11H2,1-4H3,(H-,30,32,33,35,36)/p+1/t25-,34?/m0/s1. The number of hydrogen-bond donors (Lipinski definition) is 3. The van der Waals surface area contributed by atoms with E-state index in [0.717, 1.165) is 28.3 Å². The van der Waals surface area contributed by atoms with E-state index < -0.39 is 29.1 Å². The van der Waals surface area contributed by atoms with Crippen molar-refractivity contribution in [2.45, 2.75) is 64.3 Å². The van der Waals surface area contributed by atoms with Gasteiger partial charge in [0, 0.05) is 30.9 Å². The molecule has 0 spiro atoms. The molecule has 38 heavy (non-hydrogen) atoms. The van der Waals surface area contributed by atoms with Crippen LogP contribution in [-0.2, 0) is 11.8 Å². The Morgan fingerprint density at radius 3 is 2.53 bits per heavy atom. The van der Waals surface area contributed by atoms with E-state index in [1.54, 1.807) is 18.3 Å². The van der Waals surface area contributed by atoms with Crippen LogP contribution in [-0.4, -0.2) is 54.4 Å². The fraction of sp³-hybridized carbons (Fsp3) is 0.462. The first kappa shape index (κ1) is 27.9. The minimum absolute atomic E-state index is 0.127. The lowest BCUT2D eigenvalue weighted by molar-refractivity contribution is -0.903. The second-order valence-corrected chi connectivity index (χ2v) is 11.8. The summed E-state index contributed by atoms with van der Waals surface area (Å²) < 4.78 is 39.0. The maximum absolute atomic E-state index is 13.0. The van der Waals surface area contributed by atoms with Crippen molar-refractivity contribution in [3.8, 4) is 10.4 Å². The van der Waals surface area contributed by atoms with Crippen LogP contribution in [0.1, 0.15) is 56.3 Å². The van der Waals surface area contributed by atoms with Crippen LogP contribution in [0.25, 0.3) is 10.4 Å².